The summed E-state index contributed by atoms with van der Waals surface area (Å²) in [5.41, 5.74) is 1.41. The SMILES string of the molecule is COC(=S)NCc1cn(-c2ccc(N3CCN(C(=O)C(F)F)CC3)c(F)c2)nn1. The van der Waals surface area contributed by atoms with E-state index in [0.29, 0.717) is 23.6 Å². The molecule has 0 aliphatic carbocycles. The summed E-state index contributed by atoms with van der Waals surface area (Å²) in [6.45, 7) is 1.09. The van der Waals surface area contributed by atoms with Gasteiger partial charge in [0.05, 0.1) is 31.2 Å². The van der Waals surface area contributed by atoms with Crippen molar-refractivity contribution in [3.8, 4) is 5.69 Å². The van der Waals surface area contributed by atoms with Crippen LogP contribution in [-0.2, 0) is 16.1 Å². The molecule has 1 aromatic carbocycles. The summed E-state index contributed by atoms with van der Waals surface area (Å²) in [7, 11) is 1.45. The summed E-state index contributed by atoms with van der Waals surface area (Å²) in [5.74, 6) is -1.67. The van der Waals surface area contributed by atoms with Crippen LogP contribution < -0.4 is 10.2 Å². The monoisotopic (exact) mass is 428 g/mol. The van der Waals surface area contributed by atoms with Crippen LogP contribution in [0.3, 0.4) is 0 Å². The molecule has 1 aliphatic rings. The Morgan fingerprint density at radius 2 is 2.03 bits per heavy atom. The predicted octanol–water partition coefficient (Wildman–Crippen LogP) is 1.34. The molecule has 1 N–H and O–H groups in total. The first kappa shape index (κ1) is 20.8. The first-order valence-electron chi connectivity index (χ1n) is 8.74. The van der Waals surface area contributed by atoms with Crippen molar-refractivity contribution in [2.75, 3.05) is 38.2 Å². The van der Waals surface area contributed by atoms with E-state index in [-0.39, 0.29) is 31.4 Å². The van der Waals surface area contributed by atoms with Crippen molar-refractivity contribution >= 4 is 29.0 Å². The van der Waals surface area contributed by atoms with Crippen LogP contribution in [-0.4, -0.2) is 70.7 Å². The lowest BCUT2D eigenvalue weighted by atomic mass is 10.2. The minimum absolute atomic E-state index is 0.118. The quantitative estimate of drug-likeness (QED) is 0.721. The first-order chi connectivity index (χ1) is 13.9. The summed E-state index contributed by atoms with van der Waals surface area (Å²) < 4.78 is 46.0. The minimum atomic E-state index is -3.02. The highest BCUT2D eigenvalue weighted by Crippen LogP contribution is 2.23. The molecule has 12 heteroatoms. The number of nitrogens with zero attached hydrogens (tertiary/aromatic N) is 5. The fourth-order valence-corrected chi connectivity index (χ4v) is 3.01. The zero-order valence-electron chi connectivity index (χ0n) is 15.5. The largest absolute Gasteiger partial charge is 0.474 e. The molecule has 0 spiro atoms. The fourth-order valence-electron chi connectivity index (χ4n) is 2.94. The van der Waals surface area contributed by atoms with Gasteiger partial charge in [-0.05, 0) is 24.4 Å². The Morgan fingerprint density at radius 1 is 1.31 bits per heavy atom. The van der Waals surface area contributed by atoms with Crippen molar-refractivity contribution in [3.05, 3.63) is 35.9 Å². The molecule has 2 heterocycles. The number of halogens is 3. The van der Waals surface area contributed by atoms with Crippen LogP contribution in [0.15, 0.2) is 24.4 Å². The highest BCUT2D eigenvalue weighted by atomic mass is 32.1. The van der Waals surface area contributed by atoms with Crippen LogP contribution in [0.5, 0.6) is 0 Å². The van der Waals surface area contributed by atoms with E-state index < -0.39 is 18.1 Å². The second kappa shape index (κ2) is 9.07. The Morgan fingerprint density at radius 3 is 2.66 bits per heavy atom. The van der Waals surface area contributed by atoms with Gasteiger partial charge in [0.1, 0.15) is 11.5 Å². The van der Waals surface area contributed by atoms with Crippen molar-refractivity contribution in [3.63, 3.8) is 0 Å². The molecular formula is C17H19F3N6O2S. The van der Waals surface area contributed by atoms with Gasteiger partial charge in [0.25, 0.3) is 11.1 Å². The maximum atomic E-state index is 14.7. The number of rotatable bonds is 5. The molecule has 0 saturated carbocycles. The van der Waals surface area contributed by atoms with Crippen LogP contribution in [0.1, 0.15) is 5.69 Å². The van der Waals surface area contributed by atoms with Gasteiger partial charge in [-0.1, -0.05) is 5.21 Å². The van der Waals surface area contributed by atoms with Crippen LogP contribution in [0.2, 0.25) is 0 Å². The van der Waals surface area contributed by atoms with E-state index in [1.807, 2.05) is 0 Å². The molecule has 1 saturated heterocycles. The van der Waals surface area contributed by atoms with Gasteiger partial charge >= 0.3 is 6.43 Å². The Labute approximate surface area is 170 Å². The van der Waals surface area contributed by atoms with Gasteiger partial charge in [0.2, 0.25) is 0 Å². The second-order valence-electron chi connectivity index (χ2n) is 6.25. The highest BCUT2D eigenvalue weighted by Gasteiger charge is 2.27. The molecule has 1 amide bonds. The van der Waals surface area contributed by atoms with Gasteiger partial charge < -0.3 is 19.9 Å². The van der Waals surface area contributed by atoms with Crippen LogP contribution in [0.4, 0.5) is 18.9 Å². The predicted molar refractivity (Wildman–Crippen MR) is 103 cm³/mol. The zero-order chi connectivity index (χ0) is 21.0. The van der Waals surface area contributed by atoms with E-state index in [0.717, 1.165) is 4.90 Å². The average Bonchev–Trinajstić information content (AvgIpc) is 3.20. The number of alkyl halides is 2. The summed E-state index contributed by atoms with van der Waals surface area (Å²) in [5, 5.41) is 11.0. The Bertz CT molecular complexity index is 886. The lowest BCUT2D eigenvalue weighted by Crippen LogP contribution is -2.50. The van der Waals surface area contributed by atoms with Gasteiger partial charge in [-0.3, -0.25) is 4.79 Å². The second-order valence-corrected chi connectivity index (χ2v) is 6.62. The summed E-state index contributed by atoms with van der Waals surface area (Å²) in [4.78, 5) is 14.2. The number of benzene rings is 1. The minimum Gasteiger partial charge on any atom is -0.474 e. The maximum Gasteiger partial charge on any atom is 0.315 e. The number of methoxy groups -OCH3 is 1. The van der Waals surface area contributed by atoms with Gasteiger partial charge in [-0.2, -0.15) is 8.78 Å². The molecule has 0 radical (unpaired) electrons. The summed E-state index contributed by atoms with van der Waals surface area (Å²) in [6, 6.07) is 4.59. The molecule has 3 rings (SSSR count). The topological polar surface area (TPSA) is 75.5 Å². The van der Waals surface area contributed by atoms with E-state index in [2.05, 4.69) is 15.6 Å². The standard InChI is InChI=1S/C17H19F3N6O2S/c1-28-17(29)21-9-11-10-26(23-22-11)12-2-3-14(13(18)8-12)24-4-6-25(7-5-24)16(27)15(19)20/h2-3,8,10,15H,4-7,9H2,1H3,(H,21,29). The van der Waals surface area contributed by atoms with Gasteiger partial charge in [0, 0.05) is 32.2 Å². The normalized spacial score (nSPS) is 14.2. The number of amides is 1. The number of hydrogen-bond acceptors (Lipinski definition) is 6. The Kier molecular flexibility index (Phi) is 6.52. The smallest absolute Gasteiger partial charge is 0.315 e. The number of anilines is 1. The fraction of sp³-hybridized carbons (Fsp3) is 0.412. The van der Waals surface area contributed by atoms with Crippen molar-refractivity contribution in [2.45, 2.75) is 13.0 Å². The molecule has 0 unspecified atom stereocenters. The number of hydrogen-bond donors (Lipinski definition) is 1. The Hall–Kier alpha value is -2.89. The van der Waals surface area contributed by atoms with Crippen molar-refractivity contribution in [1.82, 2.24) is 25.2 Å². The van der Waals surface area contributed by atoms with Crippen LogP contribution in [0.25, 0.3) is 5.69 Å². The Balaban J connectivity index is 1.65. The number of carbonyl (C=O) groups is 1. The molecule has 1 aromatic heterocycles. The van der Waals surface area contributed by atoms with Gasteiger partial charge in [0.15, 0.2) is 0 Å². The average molecular weight is 428 g/mol. The third-order valence-electron chi connectivity index (χ3n) is 4.45. The molecular weight excluding hydrogens is 409 g/mol. The molecule has 156 valence electrons. The molecule has 0 atom stereocenters. The number of nitrogens with one attached hydrogen (secondary N) is 1. The molecule has 29 heavy (non-hydrogen) atoms. The number of ether oxygens (including phenoxy) is 1. The first-order valence-corrected chi connectivity index (χ1v) is 9.14. The van der Waals surface area contributed by atoms with E-state index in [1.54, 1.807) is 23.2 Å². The van der Waals surface area contributed by atoms with E-state index in [4.69, 9.17) is 17.0 Å². The zero-order valence-corrected chi connectivity index (χ0v) is 16.3. The lowest BCUT2D eigenvalue weighted by Gasteiger charge is -2.36. The van der Waals surface area contributed by atoms with Crippen LogP contribution in [0, 0.1) is 5.82 Å². The van der Waals surface area contributed by atoms with Crippen molar-refractivity contribution in [1.29, 1.82) is 0 Å². The lowest BCUT2D eigenvalue weighted by molar-refractivity contribution is -0.143. The van der Waals surface area contributed by atoms with E-state index >= 15 is 0 Å². The molecule has 1 aliphatic heterocycles. The van der Waals surface area contributed by atoms with Gasteiger partial charge in [-0.25, -0.2) is 9.07 Å². The number of piperazine rings is 1. The molecule has 2 aromatic rings. The third kappa shape index (κ3) is 4.94. The van der Waals surface area contributed by atoms with E-state index in [1.165, 1.54) is 17.9 Å². The van der Waals surface area contributed by atoms with E-state index in [9.17, 15) is 18.0 Å². The molecule has 8 nitrogen and oxygen atoms in total. The number of carbonyl (C=O) groups excluding carboxylic acids is 1. The summed E-state index contributed by atoms with van der Waals surface area (Å²) in [6.07, 6.45) is -1.39. The van der Waals surface area contributed by atoms with Crippen molar-refractivity contribution < 1.29 is 22.7 Å². The summed E-state index contributed by atoms with van der Waals surface area (Å²) >= 11 is 4.88. The van der Waals surface area contributed by atoms with Crippen molar-refractivity contribution in [2.24, 2.45) is 0 Å². The van der Waals surface area contributed by atoms with Gasteiger partial charge in [-0.15, -0.1) is 5.10 Å². The van der Waals surface area contributed by atoms with Crippen LogP contribution >= 0.6 is 12.2 Å². The maximum absolute atomic E-state index is 14.7. The number of aromatic nitrogens is 3. The molecule has 1 fully saturated rings. The number of thiocarbonyl (C=S) groups is 1. The third-order valence-corrected chi connectivity index (χ3v) is 4.77. The molecule has 0 bridgehead atoms. The highest BCUT2D eigenvalue weighted by molar-refractivity contribution is 7.80.